The maximum absolute atomic E-state index is 10.3. The predicted molar refractivity (Wildman–Crippen MR) is 71.0 cm³/mol. The summed E-state index contributed by atoms with van der Waals surface area (Å²) in [6.07, 6.45) is 0. The minimum absolute atomic E-state index is 0. The van der Waals surface area contributed by atoms with Crippen LogP contribution in [0.15, 0.2) is 48.5 Å². The van der Waals surface area contributed by atoms with Crippen molar-refractivity contribution < 1.29 is 57.5 Å². The molecule has 0 aliphatic carbocycles. The quantitative estimate of drug-likeness (QED) is 0.516. The van der Waals surface area contributed by atoms with E-state index in [1.165, 1.54) is 12.1 Å². The molecule has 0 unspecified atom stereocenters. The van der Waals surface area contributed by atoms with Crippen LogP contribution in [0.3, 0.4) is 0 Å². The number of hydrogen-bond donors (Lipinski definition) is 0. The molecule has 0 N–H and O–H groups in total. The Morgan fingerprint density at radius 3 is 1.14 bits per heavy atom. The van der Waals surface area contributed by atoms with Crippen LogP contribution in [0.1, 0.15) is 31.8 Å². The molecule has 0 aromatic heterocycles. The number of carboxylic acids is 2. The summed E-state index contributed by atoms with van der Waals surface area (Å²) in [7, 11) is 0. The summed E-state index contributed by atoms with van der Waals surface area (Å²) in [4.78, 5) is 20.6. The Balaban J connectivity index is 0. The van der Waals surface area contributed by atoms with E-state index >= 15 is 0 Å². The molecule has 0 aliphatic rings. The molecule has 4 nitrogen and oxygen atoms in total. The zero-order valence-corrected chi connectivity index (χ0v) is 13.3. The van der Waals surface area contributed by atoms with Gasteiger partial charge in [-0.1, -0.05) is 48.5 Å². The summed E-state index contributed by atoms with van der Waals surface area (Å²) in [5, 5.41) is 20.6. The average Bonchev–Trinajstić information content (AvgIpc) is 2.40. The van der Waals surface area contributed by atoms with Crippen LogP contribution in [0, 0.1) is 13.8 Å². The molecule has 2 rings (SSSR count). The van der Waals surface area contributed by atoms with Crippen molar-refractivity contribution in [3.63, 3.8) is 0 Å². The van der Waals surface area contributed by atoms with Gasteiger partial charge in [-0.05, 0) is 25.0 Å². The van der Waals surface area contributed by atoms with Crippen molar-refractivity contribution in [1.82, 2.24) is 0 Å². The van der Waals surface area contributed by atoms with E-state index in [9.17, 15) is 19.8 Å². The number of hydrogen-bond acceptors (Lipinski definition) is 4. The molecule has 22 heavy (non-hydrogen) atoms. The van der Waals surface area contributed by atoms with Gasteiger partial charge in [0.2, 0.25) is 0 Å². The van der Waals surface area contributed by atoms with Crippen molar-refractivity contribution in [2.75, 3.05) is 0 Å². The number of aromatic carboxylic acids is 2. The molecule has 2 aromatic rings. The number of carboxylic acid groups (broad SMARTS) is 2. The molecule has 0 saturated carbocycles. The Morgan fingerprint density at radius 1 is 0.682 bits per heavy atom. The summed E-state index contributed by atoms with van der Waals surface area (Å²) >= 11 is 0. The minimum atomic E-state index is -1.11. The van der Waals surface area contributed by atoms with Crippen molar-refractivity contribution in [3.8, 4) is 0 Å². The van der Waals surface area contributed by atoms with Gasteiger partial charge in [0.15, 0.2) is 0 Å². The van der Waals surface area contributed by atoms with Gasteiger partial charge in [-0.25, -0.2) is 0 Å². The molecule has 6 heteroatoms. The molecule has 0 bridgehead atoms. The average molecular weight is 284 g/mol. The monoisotopic (exact) mass is 284 g/mol. The number of aryl methyl sites for hydroxylation is 2. The number of carbonyl (C=O) groups excluding carboxylic acids is 2. The molecule has 0 radical (unpaired) electrons. The number of benzene rings is 2. The number of carbonyl (C=O) groups is 2. The van der Waals surface area contributed by atoms with E-state index in [-0.39, 0.29) is 48.8 Å². The van der Waals surface area contributed by atoms with Crippen molar-refractivity contribution in [1.29, 1.82) is 0 Å². The minimum Gasteiger partial charge on any atom is -0.545 e. The molecular formula is C16H14Li2O4. The van der Waals surface area contributed by atoms with Gasteiger partial charge >= 0.3 is 37.7 Å². The van der Waals surface area contributed by atoms with E-state index in [1.807, 2.05) is 0 Å². The van der Waals surface area contributed by atoms with E-state index in [1.54, 1.807) is 50.2 Å². The van der Waals surface area contributed by atoms with Crippen molar-refractivity contribution in [2.45, 2.75) is 13.8 Å². The van der Waals surface area contributed by atoms with Gasteiger partial charge in [0.05, 0.1) is 11.9 Å². The summed E-state index contributed by atoms with van der Waals surface area (Å²) in [6.45, 7) is 3.48. The van der Waals surface area contributed by atoms with Crippen molar-refractivity contribution in [2.24, 2.45) is 0 Å². The van der Waals surface area contributed by atoms with Gasteiger partial charge in [0.1, 0.15) is 0 Å². The summed E-state index contributed by atoms with van der Waals surface area (Å²) in [5.74, 6) is -2.23. The van der Waals surface area contributed by atoms with Crippen LogP contribution in [0.4, 0.5) is 0 Å². The van der Waals surface area contributed by atoms with Gasteiger partial charge in [-0.2, -0.15) is 0 Å². The fourth-order valence-corrected chi connectivity index (χ4v) is 1.60. The van der Waals surface area contributed by atoms with E-state index in [4.69, 9.17) is 0 Å². The molecule has 0 saturated heterocycles. The van der Waals surface area contributed by atoms with Gasteiger partial charge in [-0.3, -0.25) is 0 Å². The Labute approximate surface area is 153 Å². The molecule has 0 amide bonds. The van der Waals surface area contributed by atoms with Crippen LogP contribution < -0.4 is 47.9 Å². The zero-order chi connectivity index (χ0) is 15.1. The fourth-order valence-electron chi connectivity index (χ4n) is 1.60. The van der Waals surface area contributed by atoms with Crippen LogP contribution in [-0.2, 0) is 0 Å². The van der Waals surface area contributed by atoms with Gasteiger partial charge < -0.3 is 19.8 Å². The fraction of sp³-hybridized carbons (Fsp3) is 0.125. The topological polar surface area (TPSA) is 80.3 Å². The Bertz CT molecular complexity index is 572. The molecule has 104 valence electrons. The summed E-state index contributed by atoms with van der Waals surface area (Å²) < 4.78 is 0. The zero-order valence-electron chi connectivity index (χ0n) is 13.3. The summed E-state index contributed by atoms with van der Waals surface area (Å²) in [6, 6.07) is 13.5. The number of rotatable bonds is 2. The standard InChI is InChI=1S/2C8H8O2.2Li/c2*1-6-4-2-3-5-7(6)8(9)10;;/h2*2-5H,1H3,(H,9,10);;/q;;2*+1/p-2. The van der Waals surface area contributed by atoms with Crippen LogP contribution in [0.25, 0.3) is 0 Å². The third kappa shape index (κ3) is 7.03. The smallest absolute Gasteiger partial charge is 0.545 e. The Morgan fingerprint density at radius 2 is 0.955 bits per heavy atom. The molecule has 0 fully saturated rings. The van der Waals surface area contributed by atoms with Crippen molar-refractivity contribution in [3.05, 3.63) is 70.8 Å². The van der Waals surface area contributed by atoms with Crippen LogP contribution in [0.5, 0.6) is 0 Å². The first-order chi connectivity index (χ1) is 9.43. The first-order valence-corrected chi connectivity index (χ1v) is 5.97. The molecule has 0 aliphatic heterocycles. The molecule has 2 aromatic carbocycles. The van der Waals surface area contributed by atoms with E-state index in [0.717, 1.165) is 11.1 Å². The van der Waals surface area contributed by atoms with Crippen LogP contribution >= 0.6 is 0 Å². The largest absolute Gasteiger partial charge is 1.00 e. The molecule has 0 atom stereocenters. The second kappa shape index (κ2) is 11.2. The normalized spacial score (nSPS) is 8.45. The first kappa shape index (κ1) is 22.8. The Kier molecular flexibility index (Phi) is 11.6. The molecule has 0 spiro atoms. The summed E-state index contributed by atoms with van der Waals surface area (Å²) in [5.41, 5.74) is 2.01. The van der Waals surface area contributed by atoms with E-state index in [0.29, 0.717) is 0 Å². The third-order valence-corrected chi connectivity index (χ3v) is 2.73. The molecule has 0 heterocycles. The van der Waals surface area contributed by atoms with Crippen LogP contribution in [-0.4, -0.2) is 11.9 Å². The van der Waals surface area contributed by atoms with Gasteiger partial charge in [0.25, 0.3) is 0 Å². The SMILES string of the molecule is Cc1ccccc1C(=O)[O-].Cc1ccccc1C(=O)[O-].[Li+].[Li+]. The Hall–Kier alpha value is -1.43. The van der Waals surface area contributed by atoms with Gasteiger partial charge in [0, 0.05) is 11.1 Å². The maximum Gasteiger partial charge on any atom is 1.00 e. The van der Waals surface area contributed by atoms with E-state index in [2.05, 4.69) is 0 Å². The predicted octanol–water partition coefficient (Wildman–Crippen LogP) is -5.27. The molecular weight excluding hydrogens is 270 g/mol. The van der Waals surface area contributed by atoms with Crippen molar-refractivity contribution >= 4 is 11.9 Å². The second-order valence-corrected chi connectivity index (χ2v) is 4.20. The van der Waals surface area contributed by atoms with Gasteiger partial charge in [-0.15, -0.1) is 0 Å². The third-order valence-electron chi connectivity index (χ3n) is 2.73. The maximum atomic E-state index is 10.3. The van der Waals surface area contributed by atoms with Crippen LogP contribution in [0.2, 0.25) is 0 Å². The van der Waals surface area contributed by atoms with E-state index < -0.39 is 11.9 Å². The second-order valence-electron chi connectivity index (χ2n) is 4.20. The first-order valence-electron chi connectivity index (χ1n) is 5.97.